The van der Waals surface area contributed by atoms with Gasteiger partial charge in [0.2, 0.25) is 5.88 Å². The van der Waals surface area contributed by atoms with Crippen LogP contribution >= 0.6 is 23.2 Å². The summed E-state index contributed by atoms with van der Waals surface area (Å²) in [6.45, 7) is 0. The van der Waals surface area contributed by atoms with Crippen molar-refractivity contribution in [3.63, 3.8) is 0 Å². The van der Waals surface area contributed by atoms with Crippen LogP contribution in [-0.4, -0.2) is 17.0 Å². The van der Waals surface area contributed by atoms with Crippen LogP contribution in [0.3, 0.4) is 0 Å². The summed E-state index contributed by atoms with van der Waals surface area (Å²) < 4.78 is 5.71. The lowest BCUT2D eigenvalue weighted by Gasteiger charge is -2.10. The van der Waals surface area contributed by atoms with Gasteiger partial charge in [0.15, 0.2) is 0 Å². The summed E-state index contributed by atoms with van der Waals surface area (Å²) in [5.41, 5.74) is 0.899. The van der Waals surface area contributed by atoms with Crippen molar-refractivity contribution in [3.8, 4) is 11.6 Å². The maximum absolute atomic E-state index is 6.11. The average Bonchev–Trinajstić information content (AvgIpc) is 2.50. The summed E-state index contributed by atoms with van der Waals surface area (Å²) in [4.78, 5) is 8.57. The Bertz CT molecular complexity index is 808. The largest absolute Gasteiger partial charge is 0.436 e. The molecule has 0 atom stereocenters. The molecule has 0 radical (unpaired) electrons. The van der Waals surface area contributed by atoms with E-state index in [-0.39, 0.29) is 5.88 Å². The normalized spacial score (nSPS) is 10.6. The molecular formula is C15H11Cl2N3O. The molecule has 0 saturated carbocycles. The molecule has 0 saturated heterocycles. The Labute approximate surface area is 131 Å². The summed E-state index contributed by atoms with van der Waals surface area (Å²) in [5.74, 6) is 1.35. The molecule has 0 amide bonds. The number of para-hydroxylation sites is 1. The van der Waals surface area contributed by atoms with Crippen LogP contribution in [0.1, 0.15) is 0 Å². The number of ether oxygens (including phenoxy) is 1. The molecule has 1 aromatic carbocycles. The van der Waals surface area contributed by atoms with Gasteiger partial charge < -0.3 is 10.1 Å². The quantitative estimate of drug-likeness (QED) is 0.755. The highest BCUT2D eigenvalue weighted by molar-refractivity contribution is 6.36. The summed E-state index contributed by atoms with van der Waals surface area (Å²) in [6, 6.07) is 11.3. The van der Waals surface area contributed by atoms with Crippen LogP contribution in [0.5, 0.6) is 11.6 Å². The highest BCUT2D eigenvalue weighted by Crippen LogP contribution is 2.33. The first-order valence-corrected chi connectivity index (χ1v) is 6.99. The zero-order chi connectivity index (χ0) is 14.8. The van der Waals surface area contributed by atoms with Crippen molar-refractivity contribution < 1.29 is 4.74 Å². The van der Waals surface area contributed by atoms with Crippen LogP contribution in [0.2, 0.25) is 10.0 Å². The molecular weight excluding hydrogens is 309 g/mol. The Morgan fingerprint density at radius 2 is 1.90 bits per heavy atom. The third kappa shape index (κ3) is 2.86. The molecule has 1 N–H and O–H groups in total. The summed E-state index contributed by atoms with van der Waals surface area (Å²) in [5, 5.41) is 4.64. The number of anilines is 1. The van der Waals surface area contributed by atoms with E-state index in [4.69, 9.17) is 27.9 Å². The minimum absolute atomic E-state index is 0.280. The third-order valence-corrected chi connectivity index (χ3v) is 3.47. The highest BCUT2D eigenvalue weighted by Gasteiger charge is 2.11. The van der Waals surface area contributed by atoms with Gasteiger partial charge in [-0.3, -0.25) is 4.98 Å². The second kappa shape index (κ2) is 5.76. The zero-order valence-corrected chi connectivity index (χ0v) is 12.6. The fourth-order valence-corrected chi connectivity index (χ4v) is 2.41. The molecule has 0 unspecified atom stereocenters. The maximum atomic E-state index is 6.11. The first-order valence-electron chi connectivity index (χ1n) is 6.24. The van der Waals surface area contributed by atoms with E-state index in [1.54, 1.807) is 19.3 Å². The molecule has 3 rings (SSSR count). The summed E-state index contributed by atoms with van der Waals surface area (Å²) in [7, 11) is 1.73. The van der Waals surface area contributed by atoms with Crippen LogP contribution in [0.15, 0.2) is 42.6 Å². The van der Waals surface area contributed by atoms with Gasteiger partial charge in [-0.05, 0) is 18.2 Å². The molecule has 0 spiro atoms. The van der Waals surface area contributed by atoms with E-state index >= 15 is 0 Å². The number of aromatic nitrogens is 2. The second-order valence-corrected chi connectivity index (χ2v) is 5.14. The van der Waals surface area contributed by atoms with Gasteiger partial charge in [0.1, 0.15) is 16.6 Å². The number of hydrogen-bond acceptors (Lipinski definition) is 4. The van der Waals surface area contributed by atoms with Gasteiger partial charge in [0.05, 0.1) is 16.7 Å². The Morgan fingerprint density at radius 1 is 1.10 bits per heavy atom. The molecule has 6 heteroatoms. The number of pyridine rings is 2. The minimum Gasteiger partial charge on any atom is -0.436 e. The minimum atomic E-state index is 0.280. The van der Waals surface area contributed by atoms with Crippen LogP contribution in [-0.2, 0) is 0 Å². The highest BCUT2D eigenvalue weighted by atomic mass is 35.5. The Balaban J connectivity index is 1.98. The molecule has 21 heavy (non-hydrogen) atoms. The van der Waals surface area contributed by atoms with E-state index in [0.717, 1.165) is 10.9 Å². The maximum Gasteiger partial charge on any atom is 0.240 e. The predicted octanol–water partition coefficient (Wildman–Crippen LogP) is 4.77. The van der Waals surface area contributed by atoms with Gasteiger partial charge in [0, 0.05) is 12.4 Å². The lowest BCUT2D eigenvalue weighted by Crippen LogP contribution is -1.97. The Morgan fingerprint density at radius 3 is 2.71 bits per heavy atom. The van der Waals surface area contributed by atoms with E-state index in [1.165, 1.54) is 0 Å². The smallest absolute Gasteiger partial charge is 0.240 e. The van der Waals surface area contributed by atoms with Gasteiger partial charge in [-0.1, -0.05) is 41.4 Å². The first-order chi connectivity index (χ1) is 10.2. The number of nitrogens with zero attached hydrogens (tertiary/aromatic N) is 2. The van der Waals surface area contributed by atoms with Crippen molar-refractivity contribution in [2.75, 3.05) is 12.4 Å². The summed E-state index contributed by atoms with van der Waals surface area (Å²) >= 11 is 12.1. The van der Waals surface area contributed by atoms with Gasteiger partial charge in [-0.15, -0.1) is 0 Å². The average molecular weight is 320 g/mol. The standard InChI is InChI=1S/C15H11Cl2N3O/c1-18-14-11(16)7-12(17)15(20-14)21-10-6-9-4-2-3-5-13(9)19-8-10/h2-8H,1H3,(H,18,20). The van der Waals surface area contributed by atoms with E-state index in [1.807, 2.05) is 30.3 Å². The van der Waals surface area contributed by atoms with Crippen LogP contribution < -0.4 is 10.1 Å². The molecule has 0 aliphatic rings. The predicted molar refractivity (Wildman–Crippen MR) is 85.6 cm³/mol. The molecule has 4 nitrogen and oxygen atoms in total. The van der Waals surface area contributed by atoms with Crippen molar-refractivity contribution in [2.24, 2.45) is 0 Å². The van der Waals surface area contributed by atoms with Crippen molar-refractivity contribution in [1.82, 2.24) is 9.97 Å². The van der Waals surface area contributed by atoms with Gasteiger partial charge in [0.25, 0.3) is 0 Å². The summed E-state index contributed by atoms with van der Waals surface area (Å²) in [6.07, 6.45) is 1.63. The number of benzene rings is 1. The monoisotopic (exact) mass is 319 g/mol. The van der Waals surface area contributed by atoms with Crippen molar-refractivity contribution in [1.29, 1.82) is 0 Å². The number of rotatable bonds is 3. The fourth-order valence-electron chi connectivity index (χ4n) is 1.91. The van der Waals surface area contributed by atoms with E-state index < -0.39 is 0 Å². The first kappa shape index (κ1) is 13.9. The molecule has 2 aromatic heterocycles. The zero-order valence-electron chi connectivity index (χ0n) is 11.1. The van der Waals surface area contributed by atoms with E-state index in [9.17, 15) is 0 Å². The van der Waals surface area contributed by atoms with E-state index in [2.05, 4.69) is 15.3 Å². The molecule has 0 fully saturated rings. The van der Waals surface area contributed by atoms with Crippen molar-refractivity contribution in [2.45, 2.75) is 0 Å². The molecule has 0 aliphatic heterocycles. The number of halogens is 2. The molecule has 3 aromatic rings. The topological polar surface area (TPSA) is 47.0 Å². The van der Waals surface area contributed by atoms with Gasteiger partial charge >= 0.3 is 0 Å². The lowest BCUT2D eigenvalue weighted by atomic mass is 10.2. The third-order valence-electron chi connectivity index (χ3n) is 2.91. The lowest BCUT2D eigenvalue weighted by molar-refractivity contribution is 0.463. The fraction of sp³-hybridized carbons (Fsp3) is 0.0667. The molecule has 106 valence electrons. The second-order valence-electron chi connectivity index (χ2n) is 4.32. The SMILES string of the molecule is CNc1nc(Oc2cnc3ccccc3c2)c(Cl)cc1Cl. The van der Waals surface area contributed by atoms with Crippen LogP contribution in [0.25, 0.3) is 10.9 Å². The molecule has 0 bridgehead atoms. The van der Waals surface area contributed by atoms with Gasteiger partial charge in [-0.2, -0.15) is 4.98 Å². The van der Waals surface area contributed by atoms with Crippen molar-refractivity contribution in [3.05, 3.63) is 52.6 Å². The van der Waals surface area contributed by atoms with Crippen molar-refractivity contribution >= 4 is 39.9 Å². The van der Waals surface area contributed by atoms with Crippen LogP contribution in [0, 0.1) is 0 Å². The van der Waals surface area contributed by atoms with Gasteiger partial charge in [-0.25, -0.2) is 0 Å². The van der Waals surface area contributed by atoms with E-state index in [0.29, 0.717) is 21.6 Å². The molecule has 0 aliphatic carbocycles. The Hall–Kier alpha value is -2.04. The number of nitrogens with one attached hydrogen (secondary N) is 1. The number of fused-ring (bicyclic) bond motifs is 1. The molecule has 2 heterocycles. The number of hydrogen-bond donors (Lipinski definition) is 1. The van der Waals surface area contributed by atoms with Crippen LogP contribution in [0.4, 0.5) is 5.82 Å². The Kier molecular flexibility index (Phi) is 3.82.